The van der Waals surface area contributed by atoms with Gasteiger partial charge in [-0.05, 0) is 37.8 Å². The molecule has 0 aromatic heterocycles. The van der Waals surface area contributed by atoms with E-state index >= 15 is 0 Å². The topological polar surface area (TPSA) is 67.5 Å². The van der Waals surface area contributed by atoms with Gasteiger partial charge >= 0.3 is 0 Å². The lowest BCUT2D eigenvalue weighted by Crippen LogP contribution is -2.24. The summed E-state index contributed by atoms with van der Waals surface area (Å²) in [5.41, 5.74) is 4.40. The lowest BCUT2D eigenvalue weighted by atomic mass is 10.2. The van der Waals surface area contributed by atoms with Crippen molar-refractivity contribution < 1.29 is 9.84 Å². The summed E-state index contributed by atoms with van der Waals surface area (Å²) in [5.74, 6) is 0. The summed E-state index contributed by atoms with van der Waals surface area (Å²) in [6.07, 6.45) is 5.04. The van der Waals surface area contributed by atoms with Crippen molar-refractivity contribution in [2.24, 2.45) is 5.73 Å². The highest BCUT2D eigenvalue weighted by Gasteiger charge is 1.92. The van der Waals surface area contributed by atoms with E-state index in [-0.39, 0.29) is 0 Å². The maximum atomic E-state index is 7.56. The Kier molecular flexibility index (Phi) is 16.0. The van der Waals surface area contributed by atoms with E-state index in [9.17, 15) is 0 Å². The van der Waals surface area contributed by atoms with Crippen molar-refractivity contribution in [1.82, 2.24) is 5.32 Å². The Hall–Kier alpha value is -0.620. The first kappa shape index (κ1) is 17.8. The van der Waals surface area contributed by atoms with Gasteiger partial charge in [-0.25, -0.2) is 0 Å². The molecule has 0 saturated carbocycles. The molecule has 4 N–H and O–H groups in total. The Labute approximate surface area is 109 Å². The predicted octanol–water partition coefficient (Wildman–Crippen LogP) is 2.27. The van der Waals surface area contributed by atoms with Crippen molar-refractivity contribution in [3.8, 4) is 0 Å². The van der Waals surface area contributed by atoms with Crippen molar-refractivity contribution in [1.29, 1.82) is 0 Å². The fourth-order valence-electron chi connectivity index (χ4n) is 0.924. The molecule has 0 bridgehead atoms. The maximum Gasteiger partial charge on any atom is 0.256 e. The molecule has 0 rings (SSSR count). The van der Waals surface area contributed by atoms with Gasteiger partial charge in [-0.15, -0.1) is 0 Å². The molecule has 6 heteroatoms. The van der Waals surface area contributed by atoms with Gasteiger partial charge in [0.2, 0.25) is 0 Å². The van der Waals surface area contributed by atoms with Gasteiger partial charge in [-0.1, -0.05) is 26.2 Å². The molecule has 0 aliphatic carbocycles. The van der Waals surface area contributed by atoms with E-state index < -0.39 is 5.17 Å². The Morgan fingerprint density at radius 3 is 2.25 bits per heavy atom. The quantitative estimate of drug-likeness (QED) is 0.506. The molecule has 0 unspecified atom stereocenters. The fourth-order valence-corrected chi connectivity index (χ4v) is 1.14. The van der Waals surface area contributed by atoms with E-state index in [1.807, 2.05) is 6.92 Å². The number of thiocarbonyl (C=S) groups is 2. The third-order valence-corrected chi connectivity index (χ3v) is 1.84. The molecular weight excluding hydrogens is 244 g/mol. The minimum absolute atomic E-state index is 0.500. The zero-order chi connectivity index (χ0) is 12.8. The summed E-state index contributed by atoms with van der Waals surface area (Å²) in [5, 5.41) is 10.7. The molecule has 0 heterocycles. The minimum atomic E-state index is -0.500. The summed E-state index contributed by atoms with van der Waals surface area (Å²) < 4.78 is 5.07. The van der Waals surface area contributed by atoms with Gasteiger partial charge in [0.1, 0.15) is 0 Å². The normalized spacial score (nSPS) is 8.62. The van der Waals surface area contributed by atoms with Gasteiger partial charge in [-0.2, -0.15) is 0 Å². The average molecular weight is 266 g/mol. The zero-order valence-electron chi connectivity index (χ0n) is 9.99. The van der Waals surface area contributed by atoms with Crippen LogP contribution in [0.2, 0.25) is 0 Å². The highest BCUT2D eigenvalue weighted by molar-refractivity contribution is 7.80. The van der Waals surface area contributed by atoms with Crippen LogP contribution in [-0.4, -0.2) is 28.6 Å². The third-order valence-electron chi connectivity index (χ3n) is 1.58. The van der Waals surface area contributed by atoms with Gasteiger partial charge in [0.05, 0.1) is 6.61 Å². The lowest BCUT2D eigenvalue weighted by molar-refractivity contribution is 0.320. The van der Waals surface area contributed by atoms with Crippen LogP contribution in [-0.2, 0) is 4.74 Å². The second-order valence-electron chi connectivity index (χ2n) is 3.05. The first-order chi connectivity index (χ1) is 7.54. The molecule has 0 amide bonds. The Bertz CT molecular complexity index is 186. The summed E-state index contributed by atoms with van der Waals surface area (Å²) in [4.78, 5) is 0. The number of ether oxygens (including phenoxy) is 1. The minimum Gasteiger partial charge on any atom is -0.487 e. The molecule has 16 heavy (non-hydrogen) atoms. The average Bonchev–Trinajstić information content (AvgIpc) is 2.17. The van der Waals surface area contributed by atoms with Crippen molar-refractivity contribution in [3.63, 3.8) is 0 Å². The first-order valence-corrected chi connectivity index (χ1v) is 6.25. The summed E-state index contributed by atoms with van der Waals surface area (Å²) >= 11 is 8.77. The van der Waals surface area contributed by atoms with Gasteiger partial charge < -0.3 is 20.9 Å². The Morgan fingerprint density at radius 1 is 1.25 bits per heavy atom. The second kappa shape index (κ2) is 14.4. The third kappa shape index (κ3) is 23.3. The molecule has 0 atom stereocenters. The van der Waals surface area contributed by atoms with Crippen LogP contribution in [0.1, 0.15) is 39.5 Å². The predicted molar refractivity (Wildman–Crippen MR) is 75.8 cm³/mol. The lowest BCUT2D eigenvalue weighted by Gasteiger charge is -2.06. The molecule has 0 saturated heterocycles. The summed E-state index contributed by atoms with van der Waals surface area (Å²) in [7, 11) is 0. The largest absolute Gasteiger partial charge is 0.487 e. The zero-order valence-corrected chi connectivity index (χ0v) is 11.6. The van der Waals surface area contributed by atoms with Crippen LogP contribution >= 0.6 is 24.4 Å². The van der Waals surface area contributed by atoms with Crippen LogP contribution in [0.25, 0.3) is 0 Å². The number of unbranched alkanes of at least 4 members (excludes halogenated alkanes) is 3. The van der Waals surface area contributed by atoms with E-state index in [1.165, 1.54) is 25.7 Å². The second-order valence-corrected chi connectivity index (χ2v) is 3.84. The maximum absolute atomic E-state index is 7.56. The van der Waals surface area contributed by atoms with E-state index in [2.05, 4.69) is 30.2 Å². The van der Waals surface area contributed by atoms with Gasteiger partial charge in [0, 0.05) is 6.54 Å². The smallest absolute Gasteiger partial charge is 0.256 e. The number of hydrogen-bond donors (Lipinski definition) is 3. The number of aliphatic hydroxyl groups is 1. The molecule has 0 aliphatic heterocycles. The van der Waals surface area contributed by atoms with Crippen LogP contribution in [0.5, 0.6) is 0 Å². The van der Waals surface area contributed by atoms with Crippen LogP contribution in [0.15, 0.2) is 0 Å². The van der Waals surface area contributed by atoms with Gasteiger partial charge in [0.15, 0.2) is 0 Å². The molecule has 96 valence electrons. The van der Waals surface area contributed by atoms with Crippen molar-refractivity contribution in [2.75, 3.05) is 13.2 Å². The molecule has 0 fully saturated rings. The molecule has 0 aromatic carbocycles. The number of nitrogens with two attached hydrogens (primary N) is 1. The molecule has 0 aliphatic rings. The number of hydrogen-bond acceptors (Lipinski definition) is 3. The van der Waals surface area contributed by atoms with Crippen molar-refractivity contribution >= 4 is 34.8 Å². The van der Waals surface area contributed by atoms with Crippen LogP contribution in [0.4, 0.5) is 0 Å². The van der Waals surface area contributed by atoms with E-state index in [0.29, 0.717) is 11.8 Å². The molecular formula is C10H22N2O2S2. The van der Waals surface area contributed by atoms with Crippen LogP contribution in [0, 0.1) is 0 Å². The highest BCUT2D eigenvalue weighted by atomic mass is 32.1. The van der Waals surface area contributed by atoms with Gasteiger partial charge in [0.25, 0.3) is 10.3 Å². The molecule has 4 nitrogen and oxygen atoms in total. The van der Waals surface area contributed by atoms with E-state index in [0.717, 1.165) is 6.54 Å². The number of rotatable bonds is 6. The molecule has 0 radical (unpaired) electrons. The summed E-state index contributed by atoms with van der Waals surface area (Å²) in [6.45, 7) is 5.74. The fraction of sp³-hybridized carbons (Fsp3) is 0.800. The standard InChI is InChI=1S/C9H19NOS.CH3NOS/c1-3-5-6-7-8-10-9(12)11-4-2;2-1(3)4/h3-8H2,1-2H3,(H,10,12);(H3,2,3,4). The van der Waals surface area contributed by atoms with Crippen LogP contribution in [0.3, 0.4) is 0 Å². The number of nitrogens with one attached hydrogen (secondary N) is 1. The first-order valence-electron chi connectivity index (χ1n) is 5.43. The van der Waals surface area contributed by atoms with Crippen molar-refractivity contribution in [3.05, 3.63) is 0 Å². The molecule has 0 spiro atoms. The van der Waals surface area contributed by atoms with E-state index in [1.54, 1.807) is 0 Å². The van der Waals surface area contributed by atoms with Crippen molar-refractivity contribution in [2.45, 2.75) is 39.5 Å². The summed E-state index contributed by atoms with van der Waals surface area (Å²) in [6, 6.07) is 0. The monoisotopic (exact) mass is 266 g/mol. The number of aliphatic hydroxyl groups excluding tert-OH is 1. The Balaban J connectivity index is 0. The van der Waals surface area contributed by atoms with E-state index in [4.69, 9.17) is 22.1 Å². The molecule has 0 aromatic rings. The highest BCUT2D eigenvalue weighted by Crippen LogP contribution is 1.96. The van der Waals surface area contributed by atoms with Gasteiger partial charge in [-0.3, -0.25) is 0 Å². The Morgan fingerprint density at radius 2 is 1.81 bits per heavy atom. The SMILES string of the molecule is CCCCCCNC(=S)OCC.NC(O)=S. The van der Waals surface area contributed by atoms with Crippen LogP contribution < -0.4 is 11.1 Å².